The summed E-state index contributed by atoms with van der Waals surface area (Å²) in [7, 11) is 0. The molecule has 0 radical (unpaired) electrons. The van der Waals surface area contributed by atoms with Gasteiger partial charge in [0.25, 0.3) is 0 Å². The molecule has 0 bridgehead atoms. The van der Waals surface area contributed by atoms with Crippen molar-refractivity contribution < 1.29 is 25.2 Å². The number of aromatic amines is 1. The van der Waals surface area contributed by atoms with Crippen molar-refractivity contribution in [1.82, 2.24) is 4.98 Å². The van der Waals surface area contributed by atoms with E-state index in [1.807, 2.05) is 6.07 Å². The van der Waals surface area contributed by atoms with Gasteiger partial charge in [-0.25, -0.2) is 4.79 Å². The topological polar surface area (TPSA) is 114 Å². The third-order valence-corrected chi connectivity index (χ3v) is 1.66. The van der Waals surface area contributed by atoms with Crippen LogP contribution < -0.4 is 0 Å². The Morgan fingerprint density at radius 1 is 1.13 bits per heavy atom. The molecule has 0 amide bonds. The van der Waals surface area contributed by atoms with E-state index in [9.17, 15) is 5.11 Å². The number of benzene rings is 1. The first-order chi connectivity index (χ1) is 7.02. The summed E-state index contributed by atoms with van der Waals surface area (Å²) in [6, 6.07) is 7.16. The highest BCUT2D eigenvalue weighted by molar-refractivity contribution is 5.88. The molecular weight excluding hydrogens is 202 g/mol. The van der Waals surface area contributed by atoms with Crippen LogP contribution in [-0.4, -0.2) is 31.6 Å². The molecule has 0 unspecified atom stereocenters. The zero-order valence-electron chi connectivity index (χ0n) is 7.51. The predicted molar refractivity (Wildman–Crippen MR) is 52.3 cm³/mol. The number of nitrogens with one attached hydrogen (secondary N) is 1. The van der Waals surface area contributed by atoms with Crippen LogP contribution in [0.15, 0.2) is 24.3 Å². The van der Waals surface area contributed by atoms with Gasteiger partial charge < -0.3 is 25.4 Å². The molecule has 15 heavy (non-hydrogen) atoms. The van der Waals surface area contributed by atoms with E-state index in [1.165, 1.54) is 0 Å². The van der Waals surface area contributed by atoms with Gasteiger partial charge in [0.05, 0.1) is 5.52 Å². The number of rotatable bonds is 0. The summed E-state index contributed by atoms with van der Waals surface area (Å²) in [5.74, 6) is -0.258. The van der Waals surface area contributed by atoms with Gasteiger partial charge in [-0.05, 0) is 12.1 Å². The summed E-state index contributed by atoms with van der Waals surface area (Å²) in [5, 5.41) is 32.8. The van der Waals surface area contributed by atoms with Crippen LogP contribution in [0.25, 0.3) is 10.9 Å². The average molecular weight is 211 g/mol. The first-order valence-corrected chi connectivity index (χ1v) is 3.93. The fourth-order valence-corrected chi connectivity index (χ4v) is 1.11. The molecule has 6 nitrogen and oxygen atoms in total. The molecule has 0 saturated carbocycles. The van der Waals surface area contributed by atoms with Crippen molar-refractivity contribution in [3.8, 4) is 11.6 Å². The van der Waals surface area contributed by atoms with Crippen LogP contribution in [0.5, 0.6) is 11.6 Å². The molecule has 80 valence electrons. The minimum Gasteiger partial charge on any atom is -0.503 e. The van der Waals surface area contributed by atoms with Gasteiger partial charge in [-0.3, -0.25) is 0 Å². The van der Waals surface area contributed by atoms with Crippen molar-refractivity contribution in [2.24, 2.45) is 0 Å². The lowest BCUT2D eigenvalue weighted by atomic mass is 10.2. The summed E-state index contributed by atoms with van der Waals surface area (Å²) in [5.41, 5.74) is 0.738. The maximum atomic E-state index is 9.22. The number of carbonyl (C=O) groups is 1. The van der Waals surface area contributed by atoms with E-state index in [4.69, 9.17) is 20.1 Å². The molecule has 5 N–H and O–H groups in total. The maximum Gasteiger partial charge on any atom is 0.503 e. The second kappa shape index (κ2) is 4.23. The minimum atomic E-state index is -1.83. The zero-order valence-corrected chi connectivity index (χ0v) is 7.51. The number of hydrogen-bond acceptors (Lipinski definition) is 3. The minimum absolute atomic E-state index is 0.0828. The Balaban J connectivity index is 0.000000245. The van der Waals surface area contributed by atoms with E-state index >= 15 is 0 Å². The van der Waals surface area contributed by atoms with Crippen LogP contribution in [0.3, 0.4) is 0 Å². The Morgan fingerprint density at radius 2 is 1.67 bits per heavy atom. The molecule has 0 aliphatic heterocycles. The Hall–Kier alpha value is -2.37. The van der Waals surface area contributed by atoms with Crippen molar-refractivity contribution in [3.05, 3.63) is 24.3 Å². The Bertz CT molecular complexity index is 472. The number of fused-ring (bicyclic) bond motifs is 1. The van der Waals surface area contributed by atoms with Gasteiger partial charge in [0.15, 0.2) is 5.75 Å². The third-order valence-electron chi connectivity index (χ3n) is 1.66. The molecule has 1 heterocycles. The lowest BCUT2D eigenvalue weighted by Crippen LogP contribution is -1.81. The van der Waals surface area contributed by atoms with E-state index in [0.29, 0.717) is 5.39 Å². The first-order valence-electron chi connectivity index (χ1n) is 3.93. The highest BCUT2D eigenvalue weighted by atomic mass is 16.6. The van der Waals surface area contributed by atoms with Crippen molar-refractivity contribution >= 4 is 17.1 Å². The van der Waals surface area contributed by atoms with Gasteiger partial charge in [-0.1, -0.05) is 12.1 Å². The Kier molecular flexibility index (Phi) is 3.02. The van der Waals surface area contributed by atoms with Gasteiger partial charge in [0, 0.05) is 5.39 Å². The molecule has 1 aromatic carbocycles. The van der Waals surface area contributed by atoms with Crippen molar-refractivity contribution in [2.75, 3.05) is 0 Å². The molecule has 6 heteroatoms. The third kappa shape index (κ3) is 2.53. The lowest BCUT2D eigenvalue weighted by Gasteiger charge is -1.86. The van der Waals surface area contributed by atoms with Crippen LogP contribution in [0, 0.1) is 0 Å². The first kappa shape index (κ1) is 10.7. The molecule has 0 spiro atoms. The van der Waals surface area contributed by atoms with Crippen molar-refractivity contribution in [2.45, 2.75) is 0 Å². The van der Waals surface area contributed by atoms with Gasteiger partial charge in [-0.15, -0.1) is 0 Å². The monoisotopic (exact) mass is 211 g/mol. The predicted octanol–water partition coefficient (Wildman–Crippen LogP) is 1.80. The van der Waals surface area contributed by atoms with Crippen molar-refractivity contribution in [1.29, 1.82) is 0 Å². The van der Waals surface area contributed by atoms with E-state index in [1.54, 1.807) is 18.2 Å². The number of carboxylic acid groups (broad SMARTS) is 2. The number of aromatic hydroxyl groups is 2. The Labute approximate surface area is 84.0 Å². The van der Waals surface area contributed by atoms with Crippen LogP contribution in [-0.2, 0) is 0 Å². The number of para-hydroxylation sites is 1. The second-order valence-corrected chi connectivity index (χ2v) is 2.65. The Morgan fingerprint density at radius 3 is 2.20 bits per heavy atom. The second-order valence-electron chi connectivity index (χ2n) is 2.65. The SMILES string of the molecule is O=C(O)O.Oc1[nH]c2ccccc2c1O. The molecule has 2 rings (SSSR count). The summed E-state index contributed by atoms with van der Waals surface area (Å²) < 4.78 is 0. The molecule has 0 saturated heterocycles. The van der Waals surface area contributed by atoms with Crippen LogP contribution in [0.4, 0.5) is 4.79 Å². The van der Waals surface area contributed by atoms with E-state index in [0.717, 1.165) is 5.52 Å². The fourth-order valence-electron chi connectivity index (χ4n) is 1.11. The van der Waals surface area contributed by atoms with E-state index in [2.05, 4.69) is 4.98 Å². The van der Waals surface area contributed by atoms with Gasteiger partial charge >= 0.3 is 6.16 Å². The summed E-state index contributed by atoms with van der Waals surface area (Å²) >= 11 is 0. The van der Waals surface area contributed by atoms with Crippen LogP contribution >= 0.6 is 0 Å². The largest absolute Gasteiger partial charge is 0.503 e. The van der Waals surface area contributed by atoms with Gasteiger partial charge in [-0.2, -0.15) is 0 Å². The smallest absolute Gasteiger partial charge is 0.503 e. The zero-order chi connectivity index (χ0) is 11.4. The summed E-state index contributed by atoms with van der Waals surface area (Å²) in [4.78, 5) is 11.2. The van der Waals surface area contributed by atoms with Crippen LogP contribution in [0.1, 0.15) is 0 Å². The van der Waals surface area contributed by atoms with Crippen molar-refractivity contribution in [3.63, 3.8) is 0 Å². The summed E-state index contributed by atoms with van der Waals surface area (Å²) in [6.07, 6.45) is -1.83. The van der Waals surface area contributed by atoms with E-state index in [-0.39, 0.29) is 11.6 Å². The highest BCUT2D eigenvalue weighted by Gasteiger charge is 2.06. The number of H-pyrrole nitrogens is 1. The molecule has 1 aromatic heterocycles. The fraction of sp³-hybridized carbons (Fsp3) is 0. The lowest BCUT2D eigenvalue weighted by molar-refractivity contribution is 0.137. The molecule has 0 fully saturated rings. The normalized spacial score (nSPS) is 9.33. The average Bonchev–Trinajstić information content (AvgIpc) is 2.43. The maximum absolute atomic E-state index is 9.22. The molecular formula is C9H9NO5. The highest BCUT2D eigenvalue weighted by Crippen LogP contribution is 2.32. The summed E-state index contributed by atoms with van der Waals surface area (Å²) in [6.45, 7) is 0. The molecule has 0 atom stereocenters. The number of hydrogen-bond donors (Lipinski definition) is 5. The van der Waals surface area contributed by atoms with E-state index < -0.39 is 6.16 Å². The van der Waals surface area contributed by atoms with Crippen LogP contribution in [0.2, 0.25) is 0 Å². The molecule has 0 aliphatic carbocycles. The standard InChI is InChI=1S/C8H7NO2.CH2O3/c10-7-5-3-1-2-4-6(5)9-8(7)11;2-1(3)4/h1-4,9-11H;(H2,2,3,4). The van der Waals surface area contributed by atoms with Gasteiger partial charge in [0.2, 0.25) is 5.88 Å². The molecule has 0 aliphatic rings. The molecule has 2 aromatic rings. The quantitative estimate of drug-likeness (QED) is 0.456. The van der Waals surface area contributed by atoms with Gasteiger partial charge in [0.1, 0.15) is 0 Å². The number of aromatic nitrogens is 1.